The monoisotopic (exact) mass is 432 g/mol. The third kappa shape index (κ3) is 4.18. The van der Waals surface area contributed by atoms with Crippen molar-refractivity contribution in [3.63, 3.8) is 0 Å². The van der Waals surface area contributed by atoms with Crippen LogP contribution in [0.1, 0.15) is 73.4 Å². The van der Waals surface area contributed by atoms with Gasteiger partial charge in [-0.1, -0.05) is 15.9 Å². The quantitative estimate of drug-likeness (QED) is 0.766. The zero-order valence-corrected chi connectivity index (χ0v) is 17.3. The molecule has 1 amide bonds. The Labute approximate surface area is 167 Å². The number of piperidine rings is 1. The summed E-state index contributed by atoms with van der Waals surface area (Å²) in [6.45, 7) is 5.38. The van der Waals surface area contributed by atoms with Crippen LogP contribution in [0.25, 0.3) is 0 Å². The fourth-order valence-electron chi connectivity index (χ4n) is 3.55. The molecule has 1 aliphatic heterocycles. The minimum Gasteiger partial charge on any atom is -0.490 e. The van der Waals surface area contributed by atoms with Gasteiger partial charge in [-0.05, 0) is 57.7 Å². The molecule has 0 bridgehead atoms. The van der Waals surface area contributed by atoms with Crippen LogP contribution in [0.3, 0.4) is 0 Å². The Hall–Kier alpha value is -1.89. The number of halogens is 1. The normalized spacial score (nSPS) is 18.1. The van der Waals surface area contributed by atoms with Crippen molar-refractivity contribution >= 4 is 21.8 Å². The van der Waals surface area contributed by atoms with Gasteiger partial charge in [-0.2, -0.15) is 5.10 Å². The number of likely N-dealkylation sites (tertiary alicyclic amines) is 1. The van der Waals surface area contributed by atoms with Gasteiger partial charge in [-0.3, -0.25) is 9.89 Å². The molecular formula is C20H25BrN4O2. The number of ether oxygens (including phenoxy) is 1. The number of hydrogen-bond donors (Lipinski definition) is 1. The smallest absolute Gasteiger partial charge is 0.257 e. The number of amides is 1. The zero-order chi connectivity index (χ0) is 19.0. The number of aromatic amines is 1. The van der Waals surface area contributed by atoms with Crippen LogP contribution in [0.2, 0.25) is 0 Å². The van der Waals surface area contributed by atoms with Gasteiger partial charge in [0.2, 0.25) is 0 Å². The van der Waals surface area contributed by atoms with Crippen molar-refractivity contribution in [3.8, 4) is 5.75 Å². The number of carbonyl (C=O) groups excluding carboxylic acids is 1. The second-order valence-electron chi connectivity index (χ2n) is 7.73. The molecule has 1 N–H and O–H groups in total. The van der Waals surface area contributed by atoms with Gasteiger partial charge in [-0.25, -0.2) is 4.98 Å². The summed E-state index contributed by atoms with van der Waals surface area (Å²) in [6, 6.07) is 5.60. The van der Waals surface area contributed by atoms with Crippen LogP contribution < -0.4 is 4.74 Å². The molecule has 0 spiro atoms. The highest BCUT2D eigenvalue weighted by atomic mass is 79.9. The summed E-state index contributed by atoms with van der Waals surface area (Å²) < 4.78 is 6.77. The van der Waals surface area contributed by atoms with Crippen molar-refractivity contribution in [2.75, 3.05) is 13.1 Å². The maximum Gasteiger partial charge on any atom is 0.257 e. The third-order valence-corrected chi connectivity index (χ3v) is 5.66. The lowest BCUT2D eigenvalue weighted by Gasteiger charge is -2.31. The molecule has 2 fully saturated rings. The highest BCUT2D eigenvalue weighted by Crippen LogP contribution is 2.38. The Morgan fingerprint density at radius 2 is 1.96 bits per heavy atom. The second-order valence-corrected chi connectivity index (χ2v) is 8.64. The molecule has 6 nitrogen and oxygen atoms in total. The minimum atomic E-state index is 0.0173. The van der Waals surface area contributed by atoms with E-state index >= 15 is 0 Å². The summed E-state index contributed by atoms with van der Waals surface area (Å²) in [6.07, 6.45) is 4.24. The van der Waals surface area contributed by atoms with Crippen LogP contribution in [0.4, 0.5) is 0 Å². The molecule has 1 saturated heterocycles. The molecule has 2 aliphatic rings. The first-order valence-corrected chi connectivity index (χ1v) is 10.5. The summed E-state index contributed by atoms with van der Waals surface area (Å²) in [4.78, 5) is 19.7. The molecule has 1 aliphatic carbocycles. The number of aromatic nitrogens is 3. The average Bonchev–Trinajstić information content (AvgIpc) is 3.38. The first kappa shape index (κ1) is 18.5. The van der Waals surface area contributed by atoms with Gasteiger partial charge in [0, 0.05) is 29.4 Å². The van der Waals surface area contributed by atoms with E-state index in [1.165, 1.54) is 12.8 Å². The Balaban J connectivity index is 1.42. The number of rotatable bonds is 5. The predicted octanol–water partition coefficient (Wildman–Crippen LogP) is 4.25. The Bertz CT molecular complexity index is 823. The van der Waals surface area contributed by atoms with Crippen LogP contribution in [0.5, 0.6) is 5.75 Å². The number of benzene rings is 1. The van der Waals surface area contributed by atoms with E-state index in [1.54, 1.807) is 0 Å². The molecular weight excluding hydrogens is 408 g/mol. The number of hydrogen-bond acceptors (Lipinski definition) is 4. The van der Waals surface area contributed by atoms with Crippen LogP contribution in [0.15, 0.2) is 22.7 Å². The number of nitrogens with zero attached hydrogens (tertiary/aromatic N) is 3. The van der Waals surface area contributed by atoms with Gasteiger partial charge in [0.05, 0.1) is 11.7 Å². The summed E-state index contributed by atoms with van der Waals surface area (Å²) in [5, 5.41) is 7.48. The molecule has 0 unspecified atom stereocenters. The summed E-state index contributed by atoms with van der Waals surface area (Å²) in [7, 11) is 0. The maximum absolute atomic E-state index is 13.1. The summed E-state index contributed by atoms with van der Waals surface area (Å²) in [5.41, 5.74) is 0.626. The molecule has 2 aromatic rings. The fourth-order valence-corrected chi connectivity index (χ4v) is 3.89. The number of H-pyrrole nitrogens is 1. The van der Waals surface area contributed by atoms with Crippen molar-refractivity contribution in [1.82, 2.24) is 20.1 Å². The molecule has 2 heterocycles. The second kappa shape index (κ2) is 7.62. The largest absolute Gasteiger partial charge is 0.490 e. The average molecular weight is 433 g/mol. The van der Waals surface area contributed by atoms with Gasteiger partial charge in [0.25, 0.3) is 5.91 Å². The van der Waals surface area contributed by atoms with Crippen LogP contribution >= 0.6 is 15.9 Å². The van der Waals surface area contributed by atoms with E-state index in [9.17, 15) is 4.79 Å². The molecule has 0 radical (unpaired) electrons. The maximum atomic E-state index is 13.1. The number of carbonyl (C=O) groups is 1. The summed E-state index contributed by atoms with van der Waals surface area (Å²) >= 11 is 3.46. The Kier molecular flexibility index (Phi) is 5.21. The Morgan fingerprint density at radius 3 is 2.63 bits per heavy atom. The lowest BCUT2D eigenvalue weighted by atomic mass is 9.95. The van der Waals surface area contributed by atoms with E-state index in [2.05, 4.69) is 31.1 Å². The molecule has 7 heteroatoms. The molecule has 1 saturated carbocycles. The highest BCUT2D eigenvalue weighted by Gasteiger charge is 2.31. The molecule has 1 aromatic carbocycles. The minimum absolute atomic E-state index is 0.0173. The van der Waals surface area contributed by atoms with E-state index in [-0.39, 0.29) is 12.0 Å². The van der Waals surface area contributed by atoms with E-state index in [4.69, 9.17) is 4.74 Å². The zero-order valence-electron chi connectivity index (χ0n) is 15.7. The first-order valence-electron chi connectivity index (χ1n) is 9.69. The topological polar surface area (TPSA) is 71.1 Å². The van der Waals surface area contributed by atoms with Crippen molar-refractivity contribution in [2.45, 2.75) is 57.5 Å². The fraction of sp³-hybridized carbons (Fsp3) is 0.550. The SMILES string of the molecule is CC(C)Oc1cc(Br)ccc1C(=O)N1CCC(c2nc(C3CC3)n[nH]2)CC1. The van der Waals surface area contributed by atoms with Crippen molar-refractivity contribution < 1.29 is 9.53 Å². The van der Waals surface area contributed by atoms with Crippen LogP contribution in [-0.2, 0) is 0 Å². The van der Waals surface area contributed by atoms with Crippen molar-refractivity contribution in [2.24, 2.45) is 0 Å². The standard InChI is InChI=1S/C20H25BrN4O2/c1-12(2)27-17-11-15(21)5-6-16(17)20(26)25-9-7-14(8-10-25)19-22-18(23-24-19)13-3-4-13/h5-6,11-14H,3-4,7-10H2,1-2H3,(H,22,23,24). The predicted molar refractivity (Wildman–Crippen MR) is 106 cm³/mol. The van der Waals surface area contributed by atoms with Crippen molar-refractivity contribution in [3.05, 3.63) is 39.9 Å². The molecule has 144 valence electrons. The van der Waals surface area contributed by atoms with E-state index in [0.29, 0.717) is 23.1 Å². The van der Waals surface area contributed by atoms with E-state index in [1.807, 2.05) is 36.9 Å². The van der Waals surface area contributed by atoms with Crippen LogP contribution in [-0.4, -0.2) is 45.2 Å². The molecule has 27 heavy (non-hydrogen) atoms. The summed E-state index contributed by atoms with van der Waals surface area (Å²) in [5.74, 6) is 3.53. The van der Waals surface area contributed by atoms with Gasteiger partial charge in [-0.15, -0.1) is 0 Å². The van der Waals surface area contributed by atoms with E-state index in [0.717, 1.165) is 42.1 Å². The third-order valence-electron chi connectivity index (χ3n) is 5.17. The van der Waals surface area contributed by atoms with Crippen LogP contribution in [0, 0.1) is 0 Å². The van der Waals surface area contributed by atoms with Crippen molar-refractivity contribution in [1.29, 1.82) is 0 Å². The molecule has 4 rings (SSSR count). The molecule has 1 aromatic heterocycles. The van der Waals surface area contributed by atoms with Gasteiger partial charge in [0.1, 0.15) is 11.6 Å². The highest BCUT2D eigenvalue weighted by molar-refractivity contribution is 9.10. The van der Waals surface area contributed by atoms with E-state index < -0.39 is 0 Å². The van der Waals surface area contributed by atoms with Gasteiger partial charge < -0.3 is 9.64 Å². The first-order chi connectivity index (χ1) is 13.0. The Morgan fingerprint density at radius 1 is 1.22 bits per heavy atom. The molecule has 0 atom stereocenters. The lowest BCUT2D eigenvalue weighted by molar-refractivity contribution is 0.0705. The number of nitrogens with one attached hydrogen (secondary N) is 1. The van der Waals surface area contributed by atoms with Gasteiger partial charge >= 0.3 is 0 Å². The van der Waals surface area contributed by atoms with Gasteiger partial charge in [0.15, 0.2) is 5.82 Å². The lowest BCUT2D eigenvalue weighted by Crippen LogP contribution is -2.38.